The summed E-state index contributed by atoms with van der Waals surface area (Å²) in [6.45, 7) is 3.14. The van der Waals surface area contributed by atoms with Crippen molar-refractivity contribution in [1.82, 2.24) is 9.62 Å². The number of morpholine rings is 1. The molecular weight excluding hydrogens is 395 g/mol. The van der Waals surface area contributed by atoms with Crippen molar-refractivity contribution in [2.45, 2.75) is 30.8 Å². The number of nitrogens with zero attached hydrogens (tertiary/aromatic N) is 1. The third kappa shape index (κ3) is 5.62. The number of hydrogen-bond acceptors (Lipinski definition) is 4. The van der Waals surface area contributed by atoms with Crippen LogP contribution < -0.4 is 4.72 Å². The van der Waals surface area contributed by atoms with Crippen LogP contribution in [-0.2, 0) is 19.6 Å². The molecule has 0 spiro atoms. The van der Waals surface area contributed by atoms with Gasteiger partial charge < -0.3 is 9.64 Å². The molecule has 0 aromatic heterocycles. The summed E-state index contributed by atoms with van der Waals surface area (Å²) >= 11 is 0. The summed E-state index contributed by atoms with van der Waals surface area (Å²) in [5.74, 6) is -0.472. The van der Waals surface area contributed by atoms with E-state index < -0.39 is 15.8 Å². The van der Waals surface area contributed by atoms with Gasteiger partial charge in [0.1, 0.15) is 11.9 Å². The molecule has 1 aliphatic rings. The van der Waals surface area contributed by atoms with Gasteiger partial charge in [0.05, 0.1) is 18.0 Å². The number of carbonyl (C=O) groups is 1. The topological polar surface area (TPSA) is 75.7 Å². The van der Waals surface area contributed by atoms with Gasteiger partial charge in [-0.2, -0.15) is 0 Å². The van der Waals surface area contributed by atoms with Crippen LogP contribution in [0.15, 0.2) is 53.4 Å². The monoisotopic (exact) mass is 420 g/mol. The molecule has 8 heteroatoms. The molecule has 1 atom stereocenters. The first-order valence-electron chi connectivity index (χ1n) is 9.57. The third-order valence-electron chi connectivity index (χ3n) is 4.89. The molecule has 29 heavy (non-hydrogen) atoms. The summed E-state index contributed by atoms with van der Waals surface area (Å²) in [5.41, 5.74) is 1.30. The first kappa shape index (κ1) is 21.4. The summed E-state index contributed by atoms with van der Waals surface area (Å²) in [6, 6.07) is 13.4. The maximum atomic E-state index is 13.3. The van der Waals surface area contributed by atoms with Crippen LogP contribution in [0.1, 0.15) is 30.1 Å². The van der Waals surface area contributed by atoms with Crippen LogP contribution in [0.5, 0.6) is 0 Å². The number of sulfonamides is 1. The van der Waals surface area contributed by atoms with Crippen molar-refractivity contribution in [2.24, 2.45) is 0 Å². The first-order chi connectivity index (χ1) is 13.9. The predicted molar refractivity (Wildman–Crippen MR) is 107 cm³/mol. The van der Waals surface area contributed by atoms with E-state index in [9.17, 15) is 17.6 Å². The number of rotatable bonds is 7. The number of aryl methyl sites for hydroxylation is 1. The lowest BCUT2D eigenvalue weighted by Crippen LogP contribution is -2.42. The molecule has 1 heterocycles. The van der Waals surface area contributed by atoms with Crippen LogP contribution in [0.25, 0.3) is 0 Å². The van der Waals surface area contributed by atoms with Crippen molar-refractivity contribution >= 4 is 15.9 Å². The van der Waals surface area contributed by atoms with E-state index in [4.69, 9.17) is 4.74 Å². The van der Waals surface area contributed by atoms with E-state index in [-0.39, 0.29) is 35.4 Å². The molecule has 1 unspecified atom stereocenters. The van der Waals surface area contributed by atoms with Gasteiger partial charge in [0.25, 0.3) is 0 Å². The van der Waals surface area contributed by atoms with Gasteiger partial charge >= 0.3 is 0 Å². The zero-order valence-corrected chi connectivity index (χ0v) is 17.1. The van der Waals surface area contributed by atoms with E-state index >= 15 is 0 Å². The zero-order chi connectivity index (χ0) is 20.9. The number of carbonyl (C=O) groups excluding carboxylic acids is 1. The molecule has 1 fully saturated rings. The summed E-state index contributed by atoms with van der Waals surface area (Å²) in [5, 5.41) is 0. The highest BCUT2D eigenvalue weighted by Crippen LogP contribution is 2.22. The number of amides is 1. The Morgan fingerprint density at radius 1 is 1.24 bits per heavy atom. The van der Waals surface area contributed by atoms with Gasteiger partial charge in [-0.1, -0.05) is 30.3 Å². The lowest BCUT2D eigenvalue weighted by atomic mass is 10.1. The van der Waals surface area contributed by atoms with Gasteiger partial charge in [-0.15, -0.1) is 0 Å². The Hall–Kier alpha value is -2.29. The molecule has 0 bridgehead atoms. The van der Waals surface area contributed by atoms with Crippen LogP contribution >= 0.6 is 0 Å². The van der Waals surface area contributed by atoms with Crippen molar-refractivity contribution in [3.63, 3.8) is 0 Å². The fourth-order valence-corrected chi connectivity index (χ4v) is 4.38. The van der Waals surface area contributed by atoms with Gasteiger partial charge in [-0.25, -0.2) is 17.5 Å². The minimum atomic E-state index is -3.73. The maximum absolute atomic E-state index is 13.3. The number of halogens is 1. The number of nitrogens with one attached hydrogen (secondary N) is 1. The maximum Gasteiger partial charge on any atom is 0.240 e. The fourth-order valence-electron chi connectivity index (χ4n) is 3.22. The van der Waals surface area contributed by atoms with Crippen LogP contribution in [0.4, 0.5) is 4.39 Å². The number of ether oxygens (including phenoxy) is 1. The van der Waals surface area contributed by atoms with Gasteiger partial charge in [0.15, 0.2) is 0 Å². The highest BCUT2D eigenvalue weighted by atomic mass is 32.2. The average Bonchev–Trinajstić information content (AvgIpc) is 2.73. The molecule has 1 amide bonds. The molecular formula is C21H25FN2O4S. The Balaban J connectivity index is 1.47. The molecule has 1 saturated heterocycles. The fraction of sp³-hybridized carbons (Fsp3) is 0.381. The van der Waals surface area contributed by atoms with Crippen LogP contribution in [0.3, 0.4) is 0 Å². The van der Waals surface area contributed by atoms with Gasteiger partial charge in [0, 0.05) is 19.5 Å². The molecule has 1 aliphatic heterocycles. The Kier molecular flexibility index (Phi) is 7.00. The highest BCUT2D eigenvalue weighted by Gasteiger charge is 2.25. The molecule has 3 rings (SSSR count). The summed E-state index contributed by atoms with van der Waals surface area (Å²) in [7, 11) is -3.73. The molecule has 2 aromatic carbocycles. The molecule has 2 aromatic rings. The summed E-state index contributed by atoms with van der Waals surface area (Å²) in [4.78, 5) is 14.3. The van der Waals surface area contributed by atoms with Gasteiger partial charge in [-0.05, 0) is 42.7 Å². The van der Waals surface area contributed by atoms with E-state index in [1.807, 2.05) is 30.3 Å². The minimum absolute atomic E-state index is 0.0154. The minimum Gasteiger partial charge on any atom is -0.370 e. The van der Waals surface area contributed by atoms with Crippen molar-refractivity contribution in [3.8, 4) is 0 Å². The number of hydrogen-bond donors (Lipinski definition) is 1. The Bertz CT molecular complexity index is 950. The SMILES string of the molecule is Cc1cc(S(=O)(=O)NCCCC(=O)N2CCOC(c3ccccc3)C2)ccc1F. The second-order valence-corrected chi connectivity index (χ2v) is 8.79. The van der Waals surface area contributed by atoms with E-state index in [0.717, 1.165) is 11.6 Å². The lowest BCUT2D eigenvalue weighted by Gasteiger charge is -2.33. The van der Waals surface area contributed by atoms with Crippen molar-refractivity contribution < 1.29 is 22.3 Å². The molecule has 156 valence electrons. The normalized spacial score (nSPS) is 17.3. The van der Waals surface area contributed by atoms with Crippen molar-refractivity contribution in [3.05, 3.63) is 65.5 Å². The van der Waals surface area contributed by atoms with Crippen LogP contribution in [0, 0.1) is 12.7 Å². The third-order valence-corrected chi connectivity index (χ3v) is 6.35. The smallest absolute Gasteiger partial charge is 0.240 e. The average molecular weight is 421 g/mol. The largest absolute Gasteiger partial charge is 0.370 e. The first-order valence-corrected chi connectivity index (χ1v) is 11.1. The van der Waals surface area contributed by atoms with Crippen molar-refractivity contribution in [2.75, 3.05) is 26.2 Å². The second kappa shape index (κ2) is 9.47. The van der Waals surface area contributed by atoms with Crippen LogP contribution in [0.2, 0.25) is 0 Å². The lowest BCUT2D eigenvalue weighted by molar-refractivity contribution is -0.139. The summed E-state index contributed by atoms with van der Waals surface area (Å²) < 4.78 is 46.2. The van der Waals surface area contributed by atoms with Crippen molar-refractivity contribution in [1.29, 1.82) is 0 Å². The quantitative estimate of drug-likeness (QED) is 0.699. The van der Waals surface area contributed by atoms with Crippen LogP contribution in [-0.4, -0.2) is 45.5 Å². The second-order valence-electron chi connectivity index (χ2n) is 7.02. The number of benzene rings is 2. The standard InChI is InChI=1S/C21H25FN2O4S/c1-16-14-18(9-10-19(16)22)29(26,27)23-11-5-8-21(25)24-12-13-28-20(15-24)17-6-3-2-4-7-17/h2-4,6-7,9-10,14,20,23H,5,8,11-13,15H2,1H3. The van der Waals surface area contributed by atoms with Gasteiger partial charge in [-0.3, -0.25) is 4.79 Å². The predicted octanol–water partition coefficient (Wildman–Crippen LogP) is 2.79. The van der Waals surface area contributed by atoms with E-state index in [1.165, 1.54) is 19.1 Å². The molecule has 0 saturated carbocycles. The molecule has 0 radical (unpaired) electrons. The zero-order valence-electron chi connectivity index (χ0n) is 16.3. The summed E-state index contributed by atoms with van der Waals surface area (Å²) in [6.07, 6.45) is 0.479. The van der Waals surface area contributed by atoms with E-state index in [2.05, 4.69) is 4.72 Å². The molecule has 1 N–H and O–H groups in total. The molecule has 6 nitrogen and oxygen atoms in total. The van der Waals surface area contributed by atoms with E-state index in [0.29, 0.717) is 26.1 Å². The molecule has 0 aliphatic carbocycles. The van der Waals surface area contributed by atoms with Gasteiger partial charge in [0.2, 0.25) is 15.9 Å². The highest BCUT2D eigenvalue weighted by molar-refractivity contribution is 7.89. The Morgan fingerprint density at radius 2 is 2.00 bits per heavy atom. The van der Waals surface area contributed by atoms with E-state index in [1.54, 1.807) is 4.90 Å². The Labute approximate surface area is 170 Å². The Morgan fingerprint density at radius 3 is 2.72 bits per heavy atom.